The summed E-state index contributed by atoms with van der Waals surface area (Å²) in [5, 5.41) is 0. The van der Waals surface area contributed by atoms with E-state index in [2.05, 4.69) is 9.72 Å². The molecular formula is C14H13F2N3O2. The van der Waals surface area contributed by atoms with E-state index in [1.807, 2.05) is 0 Å². The molecule has 0 saturated heterocycles. The number of anilines is 3. The molecule has 0 aliphatic heterocycles. The smallest absolute Gasteiger partial charge is 0.387 e. The normalized spacial score (nSPS) is 10.5. The first kappa shape index (κ1) is 14.7. The largest absolute Gasteiger partial charge is 0.435 e. The Hall–Kier alpha value is -2.70. The van der Waals surface area contributed by atoms with Crippen molar-refractivity contribution in [1.29, 1.82) is 0 Å². The topological polar surface area (TPSA) is 68.5 Å². The van der Waals surface area contributed by atoms with E-state index < -0.39 is 6.61 Å². The van der Waals surface area contributed by atoms with E-state index in [1.54, 1.807) is 12.1 Å². The molecule has 1 heterocycles. The second-order valence-corrected chi connectivity index (χ2v) is 4.17. The molecule has 0 fully saturated rings. The van der Waals surface area contributed by atoms with Crippen molar-refractivity contribution in [2.75, 3.05) is 10.6 Å². The minimum atomic E-state index is -2.89. The van der Waals surface area contributed by atoms with Crippen molar-refractivity contribution in [2.45, 2.75) is 13.5 Å². The van der Waals surface area contributed by atoms with Crippen LogP contribution in [0.1, 0.15) is 6.92 Å². The summed E-state index contributed by atoms with van der Waals surface area (Å²) >= 11 is 0. The number of hydrogen-bond donors (Lipinski definition) is 1. The van der Waals surface area contributed by atoms with Gasteiger partial charge in [-0.2, -0.15) is 8.78 Å². The lowest BCUT2D eigenvalue weighted by Gasteiger charge is -2.20. The summed E-state index contributed by atoms with van der Waals surface area (Å²) in [6.07, 6.45) is 1.48. The maximum Gasteiger partial charge on any atom is 0.387 e. The number of nitrogens with zero attached hydrogens (tertiary/aromatic N) is 2. The molecule has 1 aromatic heterocycles. The van der Waals surface area contributed by atoms with Crippen LogP contribution < -0.4 is 15.4 Å². The molecule has 21 heavy (non-hydrogen) atoms. The third-order valence-electron chi connectivity index (χ3n) is 2.63. The minimum absolute atomic E-state index is 0.0118. The van der Waals surface area contributed by atoms with Gasteiger partial charge in [-0.3, -0.25) is 9.69 Å². The Morgan fingerprint density at radius 2 is 1.95 bits per heavy atom. The van der Waals surface area contributed by atoms with Gasteiger partial charge in [-0.1, -0.05) is 0 Å². The molecule has 2 rings (SSSR count). The first-order valence-corrected chi connectivity index (χ1v) is 6.04. The summed E-state index contributed by atoms with van der Waals surface area (Å²) in [7, 11) is 0. The third kappa shape index (κ3) is 3.65. The van der Waals surface area contributed by atoms with Gasteiger partial charge in [0.25, 0.3) is 0 Å². The van der Waals surface area contributed by atoms with Crippen LogP contribution >= 0.6 is 0 Å². The lowest BCUT2D eigenvalue weighted by atomic mass is 10.2. The standard InChI is InChI=1S/C14H13F2N3O2/c1-9(20)19(13-8-10(17)6-7-18-13)11-2-4-12(5-3-11)21-14(15)16/h2-8,14H,1H3,(H2,17,18). The van der Waals surface area contributed by atoms with Gasteiger partial charge < -0.3 is 10.5 Å². The van der Waals surface area contributed by atoms with E-state index in [0.29, 0.717) is 17.2 Å². The molecule has 5 nitrogen and oxygen atoms in total. The Labute approximate surface area is 120 Å². The summed E-state index contributed by atoms with van der Waals surface area (Å²) in [6, 6.07) is 8.83. The summed E-state index contributed by atoms with van der Waals surface area (Å²) in [6.45, 7) is -1.52. The molecule has 7 heteroatoms. The molecule has 0 aliphatic carbocycles. The Morgan fingerprint density at radius 1 is 1.29 bits per heavy atom. The molecule has 0 saturated carbocycles. The molecule has 1 aromatic carbocycles. The van der Waals surface area contributed by atoms with Crippen molar-refractivity contribution in [1.82, 2.24) is 4.98 Å². The summed E-state index contributed by atoms with van der Waals surface area (Å²) in [5.74, 6) is 0.0819. The van der Waals surface area contributed by atoms with Gasteiger partial charge in [0.2, 0.25) is 5.91 Å². The Bertz CT molecular complexity index is 632. The molecule has 0 radical (unpaired) electrons. The lowest BCUT2D eigenvalue weighted by molar-refractivity contribution is -0.115. The van der Waals surface area contributed by atoms with Crippen LogP contribution in [0.3, 0.4) is 0 Å². The van der Waals surface area contributed by atoms with E-state index in [0.717, 1.165) is 0 Å². The highest BCUT2D eigenvalue weighted by Gasteiger charge is 2.16. The fourth-order valence-electron chi connectivity index (χ4n) is 1.81. The van der Waals surface area contributed by atoms with E-state index in [4.69, 9.17) is 5.73 Å². The number of ether oxygens (including phenoxy) is 1. The number of benzene rings is 1. The number of nitrogen functional groups attached to an aromatic ring is 1. The van der Waals surface area contributed by atoms with Crippen molar-refractivity contribution < 1.29 is 18.3 Å². The van der Waals surface area contributed by atoms with Crippen LogP contribution in [0.15, 0.2) is 42.6 Å². The third-order valence-corrected chi connectivity index (χ3v) is 2.63. The van der Waals surface area contributed by atoms with Crippen LogP contribution in [-0.2, 0) is 4.79 Å². The predicted molar refractivity (Wildman–Crippen MR) is 74.5 cm³/mol. The van der Waals surface area contributed by atoms with Crippen LogP contribution in [0.2, 0.25) is 0 Å². The predicted octanol–water partition coefficient (Wildman–Crippen LogP) is 2.95. The Kier molecular flexibility index (Phi) is 4.32. The van der Waals surface area contributed by atoms with E-state index in [-0.39, 0.29) is 11.7 Å². The molecule has 110 valence electrons. The van der Waals surface area contributed by atoms with E-state index in [1.165, 1.54) is 42.3 Å². The Morgan fingerprint density at radius 3 is 2.48 bits per heavy atom. The number of aromatic nitrogens is 1. The van der Waals surface area contributed by atoms with Crippen LogP contribution in [0.5, 0.6) is 5.75 Å². The number of carbonyl (C=O) groups excluding carboxylic acids is 1. The molecular weight excluding hydrogens is 280 g/mol. The van der Waals surface area contributed by atoms with Crippen molar-refractivity contribution in [3.8, 4) is 5.75 Å². The fraction of sp³-hybridized carbons (Fsp3) is 0.143. The van der Waals surface area contributed by atoms with Crippen molar-refractivity contribution >= 4 is 23.1 Å². The zero-order chi connectivity index (χ0) is 15.4. The molecule has 1 amide bonds. The molecule has 2 N–H and O–H groups in total. The highest BCUT2D eigenvalue weighted by atomic mass is 19.3. The SMILES string of the molecule is CC(=O)N(c1ccc(OC(F)F)cc1)c1cc(N)ccn1. The van der Waals surface area contributed by atoms with Crippen molar-refractivity contribution in [3.05, 3.63) is 42.6 Å². The van der Waals surface area contributed by atoms with Crippen LogP contribution in [0, 0.1) is 0 Å². The maximum absolute atomic E-state index is 12.1. The van der Waals surface area contributed by atoms with Crippen molar-refractivity contribution in [3.63, 3.8) is 0 Å². The van der Waals surface area contributed by atoms with Crippen LogP contribution in [0.4, 0.5) is 26.0 Å². The monoisotopic (exact) mass is 293 g/mol. The molecule has 2 aromatic rings. The van der Waals surface area contributed by atoms with E-state index >= 15 is 0 Å². The quantitative estimate of drug-likeness (QED) is 0.941. The highest BCUT2D eigenvalue weighted by molar-refractivity contribution is 5.98. The average Bonchev–Trinajstić information content (AvgIpc) is 2.40. The molecule has 0 spiro atoms. The van der Waals surface area contributed by atoms with Gasteiger partial charge >= 0.3 is 6.61 Å². The summed E-state index contributed by atoms with van der Waals surface area (Å²) < 4.78 is 28.5. The van der Waals surface area contributed by atoms with Gasteiger partial charge in [0.05, 0.1) is 5.69 Å². The lowest BCUT2D eigenvalue weighted by Crippen LogP contribution is -2.23. The first-order valence-electron chi connectivity index (χ1n) is 6.04. The number of hydrogen-bond acceptors (Lipinski definition) is 4. The van der Waals surface area contributed by atoms with Gasteiger partial charge in [0.1, 0.15) is 11.6 Å². The summed E-state index contributed by atoms with van der Waals surface area (Å²) in [5.41, 5.74) is 6.61. The number of amides is 1. The van der Waals surface area contributed by atoms with Crippen LogP contribution in [-0.4, -0.2) is 17.5 Å². The molecule has 0 unspecified atom stereocenters. The van der Waals surface area contributed by atoms with E-state index in [9.17, 15) is 13.6 Å². The molecule has 0 aliphatic rings. The zero-order valence-electron chi connectivity index (χ0n) is 11.2. The Balaban J connectivity index is 2.33. The maximum atomic E-state index is 12.1. The number of rotatable bonds is 4. The number of pyridine rings is 1. The molecule has 0 atom stereocenters. The summed E-state index contributed by atoms with van der Waals surface area (Å²) in [4.78, 5) is 17.2. The van der Waals surface area contributed by atoms with Crippen molar-refractivity contribution in [2.24, 2.45) is 0 Å². The van der Waals surface area contributed by atoms with Gasteiger partial charge in [-0.15, -0.1) is 0 Å². The van der Waals surface area contributed by atoms with Gasteiger partial charge in [-0.25, -0.2) is 4.98 Å². The minimum Gasteiger partial charge on any atom is -0.435 e. The number of carbonyl (C=O) groups is 1. The van der Waals surface area contributed by atoms with Gasteiger partial charge in [0, 0.05) is 24.9 Å². The average molecular weight is 293 g/mol. The first-order chi connectivity index (χ1) is 9.97. The highest BCUT2D eigenvalue weighted by Crippen LogP contribution is 2.27. The van der Waals surface area contributed by atoms with Crippen LogP contribution in [0.25, 0.3) is 0 Å². The number of halogens is 2. The zero-order valence-corrected chi connectivity index (χ0v) is 11.2. The second-order valence-electron chi connectivity index (χ2n) is 4.17. The van der Waals surface area contributed by atoms with Gasteiger partial charge in [-0.05, 0) is 30.3 Å². The number of alkyl halides is 2. The van der Waals surface area contributed by atoms with Gasteiger partial charge in [0.15, 0.2) is 0 Å². The second kappa shape index (κ2) is 6.17. The fourth-order valence-corrected chi connectivity index (χ4v) is 1.81. The molecule has 0 bridgehead atoms. The number of nitrogens with two attached hydrogens (primary N) is 1.